The van der Waals surface area contributed by atoms with Crippen molar-refractivity contribution < 1.29 is 14.3 Å². The molecule has 0 atom stereocenters. The van der Waals surface area contributed by atoms with Gasteiger partial charge in [-0.3, -0.25) is 5.32 Å². The summed E-state index contributed by atoms with van der Waals surface area (Å²) >= 11 is 0. The van der Waals surface area contributed by atoms with Crippen LogP contribution in [0.4, 0.5) is 4.79 Å². The quantitative estimate of drug-likeness (QED) is 0.618. The predicted molar refractivity (Wildman–Crippen MR) is 38.7 cm³/mol. The molecule has 0 bridgehead atoms. The molecule has 1 aliphatic heterocycles. The van der Waals surface area contributed by atoms with Crippen LogP contribution >= 0.6 is 0 Å². The second-order valence-electron chi connectivity index (χ2n) is 2.13. The monoisotopic (exact) mass is 168 g/mol. The van der Waals surface area contributed by atoms with Crippen molar-refractivity contribution in [3.05, 3.63) is 11.5 Å². The third-order valence-electron chi connectivity index (χ3n) is 1.41. The third-order valence-corrected chi connectivity index (χ3v) is 1.41. The number of alkyl carbamates (subject to hydrolysis) is 1. The van der Waals surface area contributed by atoms with Gasteiger partial charge in [0.1, 0.15) is 6.07 Å². The van der Waals surface area contributed by atoms with Crippen LogP contribution in [0, 0.1) is 11.3 Å². The van der Waals surface area contributed by atoms with E-state index in [1.807, 2.05) is 6.07 Å². The standard InChI is InChI=1S/C7H8N2O3/c1-11-7(10)9-6-5(4-8)2-3-12-6/h2-3H2,1H3,(H,9,10). The minimum atomic E-state index is -0.625. The van der Waals surface area contributed by atoms with Gasteiger partial charge >= 0.3 is 6.09 Å². The number of rotatable bonds is 1. The van der Waals surface area contributed by atoms with Gasteiger partial charge in [0.25, 0.3) is 0 Å². The molecule has 12 heavy (non-hydrogen) atoms. The number of methoxy groups -OCH3 is 1. The number of carbonyl (C=O) groups is 1. The van der Waals surface area contributed by atoms with E-state index in [1.54, 1.807) is 0 Å². The van der Waals surface area contributed by atoms with E-state index in [0.29, 0.717) is 18.6 Å². The molecule has 0 aliphatic carbocycles. The summed E-state index contributed by atoms with van der Waals surface area (Å²) in [5.74, 6) is 0.212. The highest BCUT2D eigenvalue weighted by Crippen LogP contribution is 2.15. The minimum absolute atomic E-state index is 0.212. The summed E-state index contributed by atoms with van der Waals surface area (Å²) in [6.45, 7) is 0.433. The fraction of sp³-hybridized carbons (Fsp3) is 0.429. The van der Waals surface area contributed by atoms with Crippen molar-refractivity contribution in [2.75, 3.05) is 13.7 Å². The Balaban J connectivity index is 2.62. The summed E-state index contributed by atoms with van der Waals surface area (Å²) in [6, 6.07) is 1.93. The Morgan fingerprint density at radius 1 is 1.83 bits per heavy atom. The van der Waals surface area contributed by atoms with Crippen LogP contribution in [0.25, 0.3) is 0 Å². The maximum absolute atomic E-state index is 10.7. The lowest BCUT2D eigenvalue weighted by molar-refractivity contribution is 0.158. The van der Waals surface area contributed by atoms with E-state index in [2.05, 4.69) is 10.1 Å². The second-order valence-corrected chi connectivity index (χ2v) is 2.13. The van der Waals surface area contributed by atoms with Crippen LogP contribution in [-0.4, -0.2) is 19.8 Å². The van der Waals surface area contributed by atoms with Crippen LogP contribution in [0.1, 0.15) is 6.42 Å². The van der Waals surface area contributed by atoms with Crippen LogP contribution in [0.15, 0.2) is 11.5 Å². The van der Waals surface area contributed by atoms with Gasteiger partial charge in [-0.1, -0.05) is 0 Å². The van der Waals surface area contributed by atoms with Gasteiger partial charge in [0.15, 0.2) is 0 Å². The SMILES string of the molecule is COC(=O)NC1=C(C#N)CCO1. The van der Waals surface area contributed by atoms with E-state index >= 15 is 0 Å². The summed E-state index contributed by atoms with van der Waals surface area (Å²) in [7, 11) is 1.25. The summed E-state index contributed by atoms with van der Waals surface area (Å²) in [5, 5.41) is 10.8. The van der Waals surface area contributed by atoms with Gasteiger partial charge in [-0.25, -0.2) is 4.79 Å². The maximum Gasteiger partial charge on any atom is 0.413 e. The summed E-state index contributed by atoms with van der Waals surface area (Å²) < 4.78 is 9.31. The van der Waals surface area contributed by atoms with Crippen molar-refractivity contribution >= 4 is 6.09 Å². The first kappa shape index (κ1) is 8.40. The van der Waals surface area contributed by atoms with Gasteiger partial charge in [0, 0.05) is 6.42 Å². The maximum atomic E-state index is 10.7. The molecule has 0 aromatic heterocycles. The zero-order chi connectivity index (χ0) is 8.97. The third kappa shape index (κ3) is 1.66. The molecule has 1 rings (SSSR count). The topological polar surface area (TPSA) is 71.3 Å². The van der Waals surface area contributed by atoms with Crippen molar-refractivity contribution in [2.24, 2.45) is 0 Å². The van der Waals surface area contributed by atoms with Crippen molar-refractivity contribution in [3.63, 3.8) is 0 Å². The number of hydrogen-bond donors (Lipinski definition) is 1. The Bertz CT molecular complexity index is 264. The van der Waals surface area contributed by atoms with Crippen molar-refractivity contribution in [2.45, 2.75) is 6.42 Å². The number of nitrogens with zero attached hydrogens (tertiary/aromatic N) is 1. The van der Waals surface area contributed by atoms with Gasteiger partial charge in [-0.2, -0.15) is 5.26 Å². The van der Waals surface area contributed by atoms with Crippen LogP contribution in [0.5, 0.6) is 0 Å². The fourth-order valence-corrected chi connectivity index (χ4v) is 0.818. The zero-order valence-electron chi connectivity index (χ0n) is 6.59. The van der Waals surface area contributed by atoms with E-state index in [4.69, 9.17) is 10.00 Å². The van der Waals surface area contributed by atoms with Gasteiger partial charge in [0.05, 0.1) is 19.3 Å². The lowest BCUT2D eigenvalue weighted by atomic mass is 10.2. The second kappa shape index (κ2) is 3.62. The molecular formula is C7H8N2O3. The van der Waals surface area contributed by atoms with Crippen LogP contribution < -0.4 is 5.32 Å². The van der Waals surface area contributed by atoms with E-state index in [1.165, 1.54) is 7.11 Å². The Labute approximate surface area is 69.6 Å². The van der Waals surface area contributed by atoms with E-state index in [-0.39, 0.29) is 5.88 Å². The Morgan fingerprint density at radius 3 is 3.17 bits per heavy atom. The lowest BCUT2D eigenvalue weighted by Gasteiger charge is -2.03. The number of nitriles is 1. The number of amides is 1. The molecule has 1 aliphatic rings. The molecule has 0 fully saturated rings. The van der Waals surface area contributed by atoms with Gasteiger partial charge < -0.3 is 9.47 Å². The minimum Gasteiger partial charge on any atom is -0.478 e. The predicted octanol–water partition coefficient (Wildman–Crippen LogP) is 0.498. The highest BCUT2D eigenvalue weighted by Gasteiger charge is 2.17. The van der Waals surface area contributed by atoms with Crippen LogP contribution in [0.3, 0.4) is 0 Å². The fourth-order valence-electron chi connectivity index (χ4n) is 0.818. The molecule has 64 valence electrons. The average molecular weight is 168 g/mol. The summed E-state index contributed by atoms with van der Waals surface area (Å²) in [6.07, 6.45) is -0.0878. The molecule has 0 unspecified atom stereocenters. The molecule has 0 spiro atoms. The highest BCUT2D eigenvalue weighted by atomic mass is 16.6. The van der Waals surface area contributed by atoms with Crippen molar-refractivity contribution in [1.82, 2.24) is 5.32 Å². The number of carbonyl (C=O) groups excluding carboxylic acids is 1. The van der Waals surface area contributed by atoms with Gasteiger partial charge in [-0.15, -0.1) is 0 Å². The molecule has 0 saturated carbocycles. The summed E-state index contributed by atoms with van der Waals surface area (Å²) in [4.78, 5) is 10.7. The van der Waals surface area contributed by atoms with Crippen LogP contribution in [0.2, 0.25) is 0 Å². The molecule has 0 aromatic rings. The largest absolute Gasteiger partial charge is 0.478 e. The molecule has 5 heteroatoms. The van der Waals surface area contributed by atoms with Gasteiger partial charge in [0.2, 0.25) is 5.88 Å². The highest BCUT2D eigenvalue weighted by molar-refractivity contribution is 5.69. The van der Waals surface area contributed by atoms with Gasteiger partial charge in [-0.05, 0) is 0 Å². The van der Waals surface area contributed by atoms with Crippen LogP contribution in [-0.2, 0) is 9.47 Å². The normalized spacial score (nSPS) is 15.0. The molecule has 5 nitrogen and oxygen atoms in total. The Hall–Kier alpha value is -1.70. The molecule has 1 heterocycles. The lowest BCUT2D eigenvalue weighted by Crippen LogP contribution is -2.23. The summed E-state index contributed by atoms with van der Waals surface area (Å²) in [5.41, 5.74) is 0.445. The average Bonchev–Trinajstić information content (AvgIpc) is 2.51. The molecule has 0 radical (unpaired) electrons. The smallest absolute Gasteiger partial charge is 0.413 e. The number of ether oxygens (including phenoxy) is 2. The Kier molecular flexibility index (Phi) is 2.53. The number of nitrogens with one attached hydrogen (secondary N) is 1. The van der Waals surface area contributed by atoms with E-state index in [0.717, 1.165) is 0 Å². The molecule has 0 saturated heterocycles. The first-order valence-corrected chi connectivity index (χ1v) is 3.39. The zero-order valence-corrected chi connectivity index (χ0v) is 6.59. The van der Waals surface area contributed by atoms with E-state index < -0.39 is 6.09 Å². The Morgan fingerprint density at radius 2 is 2.58 bits per heavy atom. The number of hydrogen-bond acceptors (Lipinski definition) is 4. The molecule has 0 aromatic carbocycles. The molecule has 1 amide bonds. The first-order chi connectivity index (χ1) is 5.77. The van der Waals surface area contributed by atoms with Crippen molar-refractivity contribution in [1.29, 1.82) is 5.26 Å². The van der Waals surface area contributed by atoms with Crippen molar-refractivity contribution in [3.8, 4) is 6.07 Å². The molecule has 1 N–H and O–H groups in total. The first-order valence-electron chi connectivity index (χ1n) is 3.39. The molecular weight excluding hydrogens is 160 g/mol. The van der Waals surface area contributed by atoms with E-state index in [9.17, 15) is 4.79 Å².